The van der Waals surface area contributed by atoms with Gasteiger partial charge in [0.05, 0.1) is 6.54 Å². The third-order valence-corrected chi connectivity index (χ3v) is 3.25. The molecule has 0 spiro atoms. The van der Waals surface area contributed by atoms with Crippen molar-refractivity contribution in [3.05, 3.63) is 41.6 Å². The molecule has 7 heteroatoms. The summed E-state index contributed by atoms with van der Waals surface area (Å²) in [7, 11) is 1.64. The van der Waals surface area contributed by atoms with E-state index in [4.69, 9.17) is 9.52 Å². The van der Waals surface area contributed by atoms with Crippen LogP contribution in [0, 0.1) is 6.92 Å². The number of aromatic carboxylic acids is 1. The number of aryl methyl sites for hydroxylation is 1. The van der Waals surface area contributed by atoms with Crippen LogP contribution in [-0.4, -0.2) is 38.7 Å². The molecule has 7 nitrogen and oxygen atoms in total. The van der Waals surface area contributed by atoms with E-state index >= 15 is 0 Å². The topological polar surface area (TPSA) is 88.6 Å². The lowest BCUT2D eigenvalue weighted by molar-refractivity contribution is -0.134. The van der Waals surface area contributed by atoms with Crippen LogP contribution in [-0.2, 0) is 11.3 Å². The number of amides is 1. The molecule has 2 aromatic rings. The molecular weight excluding hydrogens is 274 g/mol. The number of carbonyl (C=O) groups is 2. The molecule has 2 aromatic heterocycles. The zero-order valence-corrected chi connectivity index (χ0v) is 12.1. The molecule has 2 rings (SSSR count). The van der Waals surface area contributed by atoms with Gasteiger partial charge in [0.25, 0.3) is 0 Å². The number of likely N-dealkylation sites (N-methyl/N-ethyl adjacent to an activating group) is 1. The van der Waals surface area contributed by atoms with Crippen LogP contribution in [0.2, 0.25) is 0 Å². The lowest BCUT2D eigenvalue weighted by atomic mass is 10.2. The fourth-order valence-corrected chi connectivity index (χ4v) is 2.09. The highest BCUT2D eigenvalue weighted by Crippen LogP contribution is 2.17. The van der Waals surface area contributed by atoms with Gasteiger partial charge in [0.15, 0.2) is 0 Å². The standard InChI is InChI=1S/C14H17N3O4/c1-9(17-6-4-5-15-17)13(18)16(3)8-11-7-12(14(19)20)10(2)21-11/h4-7,9H,8H2,1-3H3,(H,19,20)/t9-/m1/s1. The van der Waals surface area contributed by atoms with Crippen LogP contribution in [0.1, 0.15) is 34.8 Å². The van der Waals surface area contributed by atoms with Gasteiger partial charge in [-0.3, -0.25) is 9.48 Å². The Labute approximate surface area is 121 Å². The minimum atomic E-state index is -1.04. The summed E-state index contributed by atoms with van der Waals surface area (Å²) in [4.78, 5) is 24.7. The van der Waals surface area contributed by atoms with Crippen molar-refractivity contribution in [2.75, 3.05) is 7.05 Å². The molecule has 0 bridgehead atoms. The second kappa shape index (κ2) is 5.82. The van der Waals surface area contributed by atoms with Crippen molar-refractivity contribution in [3.63, 3.8) is 0 Å². The summed E-state index contributed by atoms with van der Waals surface area (Å²) in [6, 6.07) is 2.76. The Kier molecular flexibility index (Phi) is 4.11. The normalized spacial score (nSPS) is 12.1. The average molecular weight is 291 g/mol. The number of carboxylic acids is 1. The number of aromatic nitrogens is 2. The van der Waals surface area contributed by atoms with Gasteiger partial charge < -0.3 is 14.4 Å². The Bertz CT molecular complexity index is 645. The highest BCUT2D eigenvalue weighted by Gasteiger charge is 2.21. The summed E-state index contributed by atoms with van der Waals surface area (Å²) in [5, 5.41) is 13.0. The SMILES string of the molecule is Cc1oc(CN(C)C(=O)[C@@H](C)n2cccn2)cc1C(=O)O. The number of carboxylic acid groups (broad SMARTS) is 1. The number of hydrogen-bond acceptors (Lipinski definition) is 4. The third kappa shape index (κ3) is 3.13. The maximum atomic E-state index is 12.3. The van der Waals surface area contributed by atoms with Gasteiger partial charge in [-0.25, -0.2) is 4.79 Å². The molecule has 0 radical (unpaired) electrons. The highest BCUT2D eigenvalue weighted by molar-refractivity contribution is 5.88. The maximum Gasteiger partial charge on any atom is 0.339 e. The molecule has 0 saturated carbocycles. The molecule has 0 unspecified atom stereocenters. The first-order chi connectivity index (χ1) is 9.90. The van der Waals surface area contributed by atoms with Crippen molar-refractivity contribution >= 4 is 11.9 Å². The molecule has 1 N–H and O–H groups in total. The Balaban J connectivity index is 2.07. The van der Waals surface area contributed by atoms with E-state index in [2.05, 4.69) is 5.10 Å². The zero-order valence-electron chi connectivity index (χ0n) is 12.1. The van der Waals surface area contributed by atoms with Crippen LogP contribution < -0.4 is 0 Å². The van der Waals surface area contributed by atoms with Crippen LogP contribution in [0.15, 0.2) is 28.9 Å². The van der Waals surface area contributed by atoms with Crippen molar-refractivity contribution in [2.24, 2.45) is 0 Å². The van der Waals surface area contributed by atoms with Gasteiger partial charge in [0.1, 0.15) is 23.1 Å². The first-order valence-corrected chi connectivity index (χ1v) is 6.47. The number of carbonyl (C=O) groups excluding carboxylic acids is 1. The van der Waals surface area contributed by atoms with E-state index in [1.54, 1.807) is 44.0 Å². The van der Waals surface area contributed by atoms with E-state index in [1.165, 1.54) is 11.0 Å². The van der Waals surface area contributed by atoms with Crippen molar-refractivity contribution in [1.29, 1.82) is 0 Å². The molecule has 1 amide bonds. The fourth-order valence-electron chi connectivity index (χ4n) is 2.09. The highest BCUT2D eigenvalue weighted by atomic mass is 16.4. The second-order valence-corrected chi connectivity index (χ2v) is 4.84. The minimum Gasteiger partial charge on any atom is -0.478 e. The first kappa shape index (κ1) is 14.8. The number of furan rings is 1. The fraction of sp³-hybridized carbons (Fsp3) is 0.357. The summed E-state index contributed by atoms with van der Waals surface area (Å²) in [6.45, 7) is 3.54. The van der Waals surface area contributed by atoms with Crippen molar-refractivity contribution in [1.82, 2.24) is 14.7 Å². The maximum absolute atomic E-state index is 12.3. The smallest absolute Gasteiger partial charge is 0.339 e. The Hall–Kier alpha value is -2.57. The predicted molar refractivity (Wildman–Crippen MR) is 73.8 cm³/mol. The monoisotopic (exact) mass is 291 g/mol. The van der Waals surface area contributed by atoms with Crippen LogP contribution in [0.5, 0.6) is 0 Å². The van der Waals surface area contributed by atoms with Crippen LogP contribution in [0.25, 0.3) is 0 Å². The molecule has 2 heterocycles. The van der Waals surface area contributed by atoms with Gasteiger partial charge in [0.2, 0.25) is 5.91 Å². The summed E-state index contributed by atoms with van der Waals surface area (Å²) < 4.78 is 6.93. The molecule has 1 atom stereocenters. The molecule has 0 aliphatic carbocycles. The van der Waals surface area contributed by atoms with E-state index in [-0.39, 0.29) is 18.0 Å². The Morgan fingerprint density at radius 2 is 2.24 bits per heavy atom. The van der Waals surface area contributed by atoms with E-state index in [1.807, 2.05) is 0 Å². The summed E-state index contributed by atoms with van der Waals surface area (Å²) in [5.74, 6) is -0.405. The van der Waals surface area contributed by atoms with Crippen LogP contribution in [0.4, 0.5) is 0 Å². The first-order valence-electron chi connectivity index (χ1n) is 6.47. The lowest BCUT2D eigenvalue weighted by Crippen LogP contribution is -2.32. The molecule has 0 aliphatic heterocycles. The quantitative estimate of drug-likeness (QED) is 0.905. The Morgan fingerprint density at radius 1 is 1.52 bits per heavy atom. The molecular formula is C14H17N3O4. The summed E-state index contributed by atoms with van der Waals surface area (Å²) in [6.07, 6.45) is 3.33. The summed E-state index contributed by atoms with van der Waals surface area (Å²) >= 11 is 0. The average Bonchev–Trinajstić information content (AvgIpc) is 3.06. The van der Waals surface area contributed by atoms with Crippen molar-refractivity contribution in [2.45, 2.75) is 26.4 Å². The number of nitrogens with zero attached hydrogens (tertiary/aromatic N) is 3. The Morgan fingerprint density at radius 3 is 2.76 bits per heavy atom. The molecule has 0 saturated heterocycles. The van der Waals surface area contributed by atoms with E-state index in [0.717, 1.165) is 0 Å². The van der Waals surface area contributed by atoms with E-state index < -0.39 is 12.0 Å². The summed E-state index contributed by atoms with van der Waals surface area (Å²) in [5.41, 5.74) is 0.117. The van der Waals surface area contributed by atoms with Crippen LogP contribution in [0.3, 0.4) is 0 Å². The molecule has 21 heavy (non-hydrogen) atoms. The van der Waals surface area contributed by atoms with Gasteiger partial charge in [-0.2, -0.15) is 5.10 Å². The molecule has 112 valence electrons. The van der Waals surface area contributed by atoms with Crippen molar-refractivity contribution < 1.29 is 19.1 Å². The van der Waals surface area contributed by atoms with E-state index in [0.29, 0.717) is 11.5 Å². The van der Waals surface area contributed by atoms with Gasteiger partial charge in [-0.15, -0.1) is 0 Å². The van der Waals surface area contributed by atoms with E-state index in [9.17, 15) is 9.59 Å². The zero-order chi connectivity index (χ0) is 15.6. The lowest BCUT2D eigenvalue weighted by Gasteiger charge is -2.20. The second-order valence-electron chi connectivity index (χ2n) is 4.84. The molecule has 0 aromatic carbocycles. The molecule has 0 aliphatic rings. The van der Waals surface area contributed by atoms with Crippen molar-refractivity contribution in [3.8, 4) is 0 Å². The van der Waals surface area contributed by atoms with Gasteiger partial charge >= 0.3 is 5.97 Å². The largest absolute Gasteiger partial charge is 0.478 e. The third-order valence-electron chi connectivity index (χ3n) is 3.25. The van der Waals surface area contributed by atoms with Gasteiger partial charge in [0, 0.05) is 19.4 Å². The molecule has 0 fully saturated rings. The van der Waals surface area contributed by atoms with Crippen LogP contribution >= 0.6 is 0 Å². The predicted octanol–water partition coefficient (Wildman–Crippen LogP) is 1.70. The number of hydrogen-bond donors (Lipinski definition) is 1. The number of rotatable bonds is 5. The minimum absolute atomic E-state index is 0.117. The van der Waals surface area contributed by atoms with Gasteiger partial charge in [-0.05, 0) is 26.0 Å². The van der Waals surface area contributed by atoms with Gasteiger partial charge in [-0.1, -0.05) is 0 Å².